The minimum absolute atomic E-state index is 0.538. The van der Waals surface area contributed by atoms with Gasteiger partial charge in [0.2, 0.25) is 0 Å². The maximum Gasteiger partial charge on any atom is 0.328 e. The summed E-state index contributed by atoms with van der Waals surface area (Å²) in [4.78, 5) is 14.6. The van der Waals surface area contributed by atoms with Crippen molar-refractivity contribution >= 4 is 23.8 Å². The number of rotatable bonds is 7. The predicted octanol–water partition coefficient (Wildman–Crippen LogP) is 3.25. The van der Waals surface area contributed by atoms with Gasteiger partial charge in [0, 0.05) is 11.8 Å². The number of nitrogens with zero attached hydrogens (tertiary/aromatic N) is 1. The van der Waals surface area contributed by atoms with Crippen molar-refractivity contribution in [3.05, 3.63) is 47.9 Å². The van der Waals surface area contributed by atoms with Gasteiger partial charge >= 0.3 is 5.97 Å². The topological polar surface area (TPSA) is 72.6 Å². The summed E-state index contributed by atoms with van der Waals surface area (Å²) in [5.74, 6) is 0.515. The lowest BCUT2D eigenvalue weighted by Crippen LogP contribution is -1.99. The van der Waals surface area contributed by atoms with Crippen LogP contribution < -0.4 is 4.74 Å². The standard InChI is InChI=1S/C15H15NO4S/c1-11-10-20-15(16-11)21-9-8-19-13-5-2-12(3-6-13)4-7-14(17)18/h2-7,10H,8-9H2,1H3,(H,17,18)/b7-4+. The van der Waals surface area contributed by atoms with Crippen molar-refractivity contribution in [1.29, 1.82) is 0 Å². The molecule has 0 aliphatic heterocycles. The molecule has 1 aromatic heterocycles. The molecule has 0 aliphatic carbocycles. The Hall–Kier alpha value is -2.21. The Morgan fingerprint density at radius 2 is 2.19 bits per heavy atom. The number of hydrogen-bond acceptors (Lipinski definition) is 5. The largest absolute Gasteiger partial charge is 0.493 e. The normalized spacial score (nSPS) is 10.9. The molecule has 0 atom stereocenters. The number of carboxylic acid groups (broad SMARTS) is 1. The fourth-order valence-electron chi connectivity index (χ4n) is 1.53. The van der Waals surface area contributed by atoms with Gasteiger partial charge in [0.1, 0.15) is 12.0 Å². The van der Waals surface area contributed by atoms with E-state index in [-0.39, 0.29) is 0 Å². The number of aliphatic carboxylic acids is 1. The van der Waals surface area contributed by atoms with Crippen LogP contribution in [0.5, 0.6) is 5.75 Å². The zero-order valence-corrected chi connectivity index (χ0v) is 12.3. The number of oxazole rings is 1. The van der Waals surface area contributed by atoms with Gasteiger partial charge in [0.15, 0.2) is 0 Å². The molecule has 0 aliphatic rings. The molecule has 1 heterocycles. The van der Waals surface area contributed by atoms with Crippen LogP contribution in [0.1, 0.15) is 11.3 Å². The van der Waals surface area contributed by atoms with Crippen molar-refractivity contribution in [1.82, 2.24) is 4.98 Å². The van der Waals surface area contributed by atoms with Gasteiger partial charge in [-0.2, -0.15) is 0 Å². The van der Waals surface area contributed by atoms with Crippen molar-refractivity contribution in [2.45, 2.75) is 12.1 Å². The molecule has 1 N–H and O–H groups in total. The van der Waals surface area contributed by atoms with Gasteiger partial charge in [-0.25, -0.2) is 9.78 Å². The number of hydrogen-bond donors (Lipinski definition) is 1. The van der Waals surface area contributed by atoms with E-state index in [0.29, 0.717) is 11.8 Å². The lowest BCUT2D eigenvalue weighted by molar-refractivity contribution is -0.131. The highest BCUT2D eigenvalue weighted by Crippen LogP contribution is 2.18. The summed E-state index contributed by atoms with van der Waals surface area (Å²) in [6.45, 7) is 2.42. The molecule has 5 nitrogen and oxygen atoms in total. The first-order chi connectivity index (χ1) is 10.1. The second-order valence-corrected chi connectivity index (χ2v) is 5.24. The molecule has 2 rings (SSSR count). The van der Waals surface area contributed by atoms with Gasteiger partial charge in [-0.1, -0.05) is 23.9 Å². The third-order valence-electron chi connectivity index (χ3n) is 2.47. The highest BCUT2D eigenvalue weighted by molar-refractivity contribution is 7.99. The number of aryl methyl sites for hydroxylation is 1. The van der Waals surface area contributed by atoms with E-state index in [9.17, 15) is 4.79 Å². The van der Waals surface area contributed by atoms with E-state index in [1.165, 1.54) is 17.8 Å². The lowest BCUT2D eigenvalue weighted by atomic mass is 10.2. The zero-order valence-electron chi connectivity index (χ0n) is 11.5. The Morgan fingerprint density at radius 3 is 2.81 bits per heavy atom. The zero-order chi connectivity index (χ0) is 15.1. The van der Waals surface area contributed by atoms with Gasteiger partial charge in [0.25, 0.3) is 5.22 Å². The van der Waals surface area contributed by atoms with Gasteiger partial charge in [0.05, 0.1) is 12.3 Å². The first-order valence-corrected chi connectivity index (χ1v) is 7.31. The maximum atomic E-state index is 10.4. The van der Waals surface area contributed by atoms with Crippen molar-refractivity contribution < 1.29 is 19.1 Å². The molecule has 0 unspecified atom stereocenters. The van der Waals surface area contributed by atoms with Crippen LogP contribution in [0.4, 0.5) is 0 Å². The number of aromatic nitrogens is 1. The molecule has 0 spiro atoms. The summed E-state index contributed by atoms with van der Waals surface area (Å²) in [5.41, 5.74) is 1.68. The SMILES string of the molecule is Cc1coc(SCCOc2ccc(/C=C/C(=O)O)cc2)n1. The van der Waals surface area contributed by atoms with E-state index in [4.69, 9.17) is 14.3 Å². The first-order valence-electron chi connectivity index (χ1n) is 6.32. The highest BCUT2D eigenvalue weighted by Gasteiger charge is 2.01. The van der Waals surface area contributed by atoms with Crippen LogP contribution in [-0.4, -0.2) is 28.4 Å². The fraction of sp³-hybridized carbons (Fsp3) is 0.200. The Bertz CT molecular complexity index is 619. The summed E-state index contributed by atoms with van der Waals surface area (Å²) in [5, 5.41) is 9.19. The lowest BCUT2D eigenvalue weighted by Gasteiger charge is -2.05. The molecule has 0 saturated carbocycles. The molecular formula is C15H15NO4S. The summed E-state index contributed by atoms with van der Waals surface area (Å²) in [6, 6.07) is 7.22. The van der Waals surface area contributed by atoms with Gasteiger partial charge in [-0.15, -0.1) is 0 Å². The Kier molecular flexibility index (Phi) is 5.45. The molecule has 1 aromatic carbocycles. The van der Waals surface area contributed by atoms with E-state index in [1.54, 1.807) is 18.4 Å². The molecule has 0 fully saturated rings. The van der Waals surface area contributed by atoms with E-state index < -0.39 is 5.97 Å². The van der Waals surface area contributed by atoms with Gasteiger partial charge in [-0.05, 0) is 30.7 Å². The Labute approximate surface area is 126 Å². The predicted molar refractivity (Wildman–Crippen MR) is 80.6 cm³/mol. The van der Waals surface area contributed by atoms with Crippen LogP contribution in [0.25, 0.3) is 6.08 Å². The molecule has 0 bridgehead atoms. The highest BCUT2D eigenvalue weighted by atomic mass is 32.2. The molecule has 0 amide bonds. The van der Waals surface area contributed by atoms with Crippen molar-refractivity contribution in [3.8, 4) is 5.75 Å². The average molecular weight is 305 g/mol. The van der Waals surface area contributed by atoms with Crippen LogP contribution in [-0.2, 0) is 4.79 Å². The number of carbonyl (C=O) groups is 1. The van der Waals surface area contributed by atoms with Gasteiger partial charge < -0.3 is 14.3 Å². The molecule has 2 aromatic rings. The molecular weight excluding hydrogens is 290 g/mol. The quantitative estimate of drug-likeness (QED) is 0.481. The van der Waals surface area contributed by atoms with Crippen LogP contribution >= 0.6 is 11.8 Å². The van der Waals surface area contributed by atoms with Crippen molar-refractivity contribution in [2.24, 2.45) is 0 Å². The number of carboxylic acids is 1. The van der Waals surface area contributed by atoms with E-state index in [1.807, 2.05) is 19.1 Å². The number of ether oxygens (including phenoxy) is 1. The second-order valence-electron chi connectivity index (χ2n) is 4.19. The first kappa shape index (κ1) is 15.2. The fourth-order valence-corrected chi connectivity index (χ4v) is 2.20. The molecule has 0 radical (unpaired) electrons. The maximum absolute atomic E-state index is 10.4. The van der Waals surface area contributed by atoms with Crippen LogP contribution in [0.2, 0.25) is 0 Å². The summed E-state index contributed by atoms with van der Waals surface area (Å²) >= 11 is 1.50. The summed E-state index contributed by atoms with van der Waals surface area (Å²) < 4.78 is 10.8. The molecule has 0 saturated heterocycles. The summed E-state index contributed by atoms with van der Waals surface area (Å²) in [6.07, 6.45) is 4.25. The number of thioether (sulfide) groups is 1. The van der Waals surface area contributed by atoms with Crippen molar-refractivity contribution in [2.75, 3.05) is 12.4 Å². The van der Waals surface area contributed by atoms with Crippen molar-refractivity contribution in [3.63, 3.8) is 0 Å². The average Bonchev–Trinajstić information content (AvgIpc) is 2.88. The third kappa shape index (κ3) is 5.35. The van der Waals surface area contributed by atoms with Crippen LogP contribution in [0, 0.1) is 6.92 Å². The monoisotopic (exact) mass is 305 g/mol. The smallest absolute Gasteiger partial charge is 0.328 e. The van der Waals surface area contributed by atoms with E-state index >= 15 is 0 Å². The summed E-state index contributed by atoms with van der Waals surface area (Å²) in [7, 11) is 0. The molecule has 21 heavy (non-hydrogen) atoms. The Balaban J connectivity index is 1.74. The van der Waals surface area contributed by atoms with E-state index in [2.05, 4.69) is 4.98 Å². The van der Waals surface area contributed by atoms with Crippen LogP contribution in [0.3, 0.4) is 0 Å². The molecule has 110 valence electrons. The van der Waals surface area contributed by atoms with Gasteiger partial charge in [-0.3, -0.25) is 0 Å². The van der Waals surface area contributed by atoms with E-state index in [0.717, 1.165) is 28.8 Å². The second kappa shape index (κ2) is 7.54. The molecule has 6 heteroatoms. The number of benzene rings is 1. The van der Waals surface area contributed by atoms with Crippen LogP contribution in [0.15, 0.2) is 46.2 Å². The minimum atomic E-state index is -0.964. The third-order valence-corrected chi connectivity index (χ3v) is 3.28. The minimum Gasteiger partial charge on any atom is -0.493 e. The Morgan fingerprint density at radius 1 is 1.43 bits per heavy atom.